The normalized spacial score (nSPS) is 12.0. The van der Waals surface area contributed by atoms with Gasteiger partial charge in [0.2, 0.25) is 5.89 Å². The van der Waals surface area contributed by atoms with E-state index in [2.05, 4.69) is 36.1 Å². The van der Waals surface area contributed by atoms with Gasteiger partial charge in [0.05, 0.1) is 19.1 Å². The topological polar surface area (TPSA) is 55.9 Å². The highest BCUT2D eigenvalue weighted by atomic mass is 16.4. The minimum Gasteiger partial charge on any atom is -0.438 e. The first-order valence-corrected chi connectivity index (χ1v) is 5.62. The number of aryl methyl sites for hydroxylation is 1. The summed E-state index contributed by atoms with van der Waals surface area (Å²) in [7, 11) is 1.93. The van der Waals surface area contributed by atoms with E-state index in [1.54, 1.807) is 12.5 Å². The van der Waals surface area contributed by atoms with Crippen LogP contribution in [0.15, 0.2) is 23.1 Å². The van der Waals surface area contributed by atoms with Gasteiger partial charge in [-0.05, 0) is 20.8 Å². The molecule has 2 aromatic rings. The Morgan fingerprint density at radius 2 is 2.12 bits per heavy atom. The molecule has 0 bridgehead atoms. The SMILES string of the molecule is Cn1cnc(-c2cnc(CNC(C)(C)C)o2)c1. The third-order valence-corrected chi connectivity index (χ3v) is 2.28. The second kappa shape index (κ2) is 4.33. The van der Waals surface area contributed by atoms with Gasteiger partial charge in [-0.2, -0.15) is 0 Å². The summed E-state index contributed by atoms with van der Waals surface area (Å²) in [6.07, 6.45) is 5.36. The van der Waals surface area contributed by atoms with Gasteiger partial charge in [-0.3, -0.25) is 0 Å². The lowest BCUT2D eigenvalue weighted by molar-refractivity contribution is 0.383. The lowest BCUT2D eigenvalue weighted by atomic mass is 10.1. The second-order valence-corrected chi connectivity index (χ2v) is 5.15. The molecule has 0 fully saturated rings. The highest BCUT2D eigenvalue weighted by molar-refractivity contribution is 5.48. The second-order valence-electron chi connectivity index (χ2n) is 5.15. The van der Waals surface area contributed by atoms with Crippen molar-refractivity contribution < 1.29 is 4.42 Å². The third kappa shape index (κ3) is 3.17. The van der Waals surface area contributed by atoms with Gasteiger partial charge in [0.25, 0.3) is 0 Å². The van der Waals surface area contributed by atoms with Crippen LogP contribution in [0.5, 0.6) is 0 Å². The Balaban J connectivity index is 2.06. The van der Waals surface area contributed by atoms with Crippen LogP contribution in [0.1, 0.15) is 26.7 Å². The molecule has 5 nitrogen and oxygen atoms in total. The van der Waals surface area contributed by atoms with Crippen molar-refractivity contribution in [3.8, 4) is 11.5 Å². The molecule has 0 aliphatic rings. The van der Waals surface area contributed by atoms with Gasteiger partial charge in [0.1, 0.15) is 5.69 Å². The molecule has 0 aliphatic heterocycles. The van der Waals surface area contributed by atoms with E-state index >= 15 is 0 Å². The molecule has 92 valence electrons. The predicted octanol–water partition coefficient (Wildman–Crippen LogP) is 1.96. The van der Waals surface area contributed by atoms with Crippen molar-refractivity contribution in [2.24, 2.45) is 7.05 Å². The van der Waals surface area contributed by atoms with Gasteiger partial charge in [0.15, 0.2) is 5.76 Å². The molecular formula is C12H18N4O. The quantitative estimate of drug-likeness (QED) is 0.882. The third-order valence-electron chi connectivity index (χ3n) is 2.28. The van der Waals surface area contributed by atoms with E-state index in [-0.39, 0.29) is 5.54 Å². The smallest absolute Gasteiger partial charge is 0.208 e. The molecule has 5 heteroatoms. The fourth-order valence-corrected chi connectivity index (χ4v) is 1.39. The van der Waals surface area contributed by atoms with Gasteiger partial charge < -0.3 is 14.3 Å². The number of oxazole rings is 1. The molecule has 17 heavy (non-hydrogen) atoms. The number of aromatic nitrogens is 3. The first-order chi connectivity index (χ1) is 7.94. The van der Waals surface area contributed by atoms with Crippen LogP contribution in [-0.4, -0.2) is 20.1 Å². The van der Waals surface area contributed by atoms with Gasteiger partial charge in [-0.25, -0.2) is 9.97 Å². The van der Waals surface area contributed by atoms with Gasteiger partial charge >= 0.3 is 0 Å². The summed E-state index contributed by atoms with van der Waals surface area (Å²) >= 11 is 0. The maximum Gasteiger partial charge on any atom is 0.208 e. The zero-order valence-electron chi connectivity index (χ0n) is 10.7. The van der Waals surface area contributed by atoms with Crippen LogP contribution in [0, 0.1) is 0 Å². The van der Waals surface area contributed by atoms with Crippen molar-refractivity contribution in [3.05, 3.63) is 24.6 Å². The van der Waals surface area contributed by atoms with E-state index in [0.29, 0.717) is 18.2 Å². The van der Waals surface area contributed by atoms with E-state index in [1.807, 2.05) is 17.8 Å². The van der Waals surface area contributed by atoms with E-state index < -0.39 is 0 Å². The highest BCUT2D eigenvalue weighted by Gasteiger charge is 2.12. The Morgan fingerprint density at radius 3 is 2.71 bits per heavy atom. The maximum absolute atomic E-state index is 5.63. The van der Waals surface area contributed by atoms with Crippen LogP contribution in [0.3, 0.4) is 0 Å². The van der Waals surface area contributed by atoms with E-state index in [0.717, 1.165) is 5.69 Å². The van der Waals surface area contributed by atoms with E-state index in [9.17, 15) is 0 Å². The minimum absolute atomic E-state index is 0.0552. The average Bonchev–Trinajstić information content (AvgIpc) is 2.81. The van der Waals surface area contributed by atoms with Gasteiger partial charge in [-0.1, -0.05) is 0 Å². The Morgan fingerprint density at radius 1 is 1.35 bits per heavy atom. The molecule has 2 aromatic heterocycles. The summed E-state index contributed by atoms with van der Waals surface area (Å²) in [5.41, 5.74) is 0.863. The largest absolute Gasteiger partial charge is 0.438 e. The molecule has 2 heterocycles. The lowest BCUT2D eigenvalue weighted by Crippen LogP contribution is -2.35. The number of nitrogens with zero attached hydrogens (tertiary/aromatic N) is 3. The summed E-state index contributed by atoms with van der Waals surface area (Å²) in [6.45, 7) is 6.94. The Labute approximate surface area is 101 Å². The molecule has 0 atom stereocenters. The molecule has 0 saturated carbocycles. The average molecular weight is 234 g/mol. The molecule has 2 rings (SSSR count). The van der Waals surface area contributed by atoms with Crippen LogP contribution in [0.2, 0.25) is 0 Å². The summed E-state index contributed by atoms with van der Waals surface area (Å²) < 4.78 is 7.51. The first kappa shape index (κ1) is 11.9. The first-order valence-electron chi connectivity index (χ1n) is 5.62. The van der Waals surface area contributed by atoms with Crippen LogP contribution in [0.4, 0.5) is 0 Å². The Hall–Kier alpha value is -1.62. The highest BCUT2D eigenvalue weighted by Crippen LogP contribution is 2.17. The van der Waals surface area contributed by atoms with E-state index in [1.165, 1.54) is 0 Å². The molecule has 0 saturated heterocycles. The number of hydrogen-bond donors (Lipinski definition) is 1. The van der Waals surface area contributed by atoms with Crippen molar-refractivity contribution in [1.82, 2.24) is 19.9 Å². The molecule has 0 unspecified atom stereocenters. The molecule has 0 spiro atoms. The fourth-order valence-electron chi connectivity index (χ4n) is 1.39. The molecule has 0 radical (unpaired) electrons. The number of nitrogens with one attached hydrogen (secondary N) is 1. The van der Waals surface area contributed by atoms with Gasteiger partial charge in [-0.15, -0.1) is 0 Å². The number of hydrogen-bond acceptors (Lipinski definition) is 4. The van der Waals surface area contributed by atoms with Crippen LogP contribution >= 0.6 is 0 Å². The fraction of sp³-hybridized carbons (Fsp3) is 0.500. The standard InChI is InChI=1S/C12H18N4O/c1-12(2,3)15-6-11-13-5-10(17-11)9-7-16(4)8-14-9/h5,7-8,15H,6H2,1-4H3. The zero-order chi connectivity index (χ0) is 12.5. The molecule has 0 aliphatic carbocycles. The van der Waals surface area contributed by atoms with Crippen molar-refractivity contribution >= 4 is 0 Å². The maximum atomic E-state index is 5.63. The predicted molar refractivity (Wildman–Crippen MR) is 65.3 cm³/mol. The van der Waals surface area contributed by atoms with Crippen LogP contribution in [0.25, 0.3) is 11.5 Å². The summed E-state index contributed by atoms with van der Waals surface area (Å²) in [5.74, 6) is 1.39. The Kier molecular flexibility index (Phi) is 3.02. The molecule has 1 N–H and O–H groups in total. The molecule has 0 aromatic carbocycles. The monoisotopic (exact) mass is 234 g/mol. The van der Waals surface area contributed by atoms with Crippen LogP contribution in [-0.2, 0) is 13.6 Å². The van der Waals surface area contributed by atoms with Crippen molar-refractivity contribution in [3.63, 3.8) is 0 Å². The minimum atomic E-state index is 0.0552. The van der Waals surface area contributed by atoms with E-state index in [4.69, 9.17) is 4.42 Å². The van der Waals surface area contributed by atoms with Gasteiger partial charge in [0, 0.05) is 18.8 Å². The zero-order valence-corrected chi connectivity index (χ0v) is 10.7. The van der Waals surface area contributed by atoms with Crippen molar-refractivity contribution in [2.75, 3.05) is 0 Å². The summed E-state index contributed by atoms with van der Waals surface area (Å²) in [5, 5.41) is 3.33. The van der Waals surface area contributed by atoms with Crippen molar-refractivity contribution in [2.45, 2.75) is 32.9 Å². The van der Waals surface area contributed by atoms with Crippen molar-refractivity contribution in [1.29, 1.82) is 0 Å². The number of rotatable bonds is 3. The number of imidazole rings is 1. The van der Waals surface area contributed by atoms with Crippen LogP contribution < -0.4 is 5.32 Å². The molecule has 0 amide bonds. The Bertz CT molecular complexity index is 493. The molecular weight excluding hydrogens is 216 g/mol. The summed E-state index contributed by atoms with van der Waals surface area (Å²) in [4.78, 5) is 8.44. The summed E-state index contributed by atoms with van der Waals surface area (Å²) in [6, 6.07) is 0. The lowest BCUT2D eigenvalue weighted by Gasteiger charge is -2.18.